The highest BCUT2D eigenvalue weighted by atomic mass is 31.2. The molecule has 0 aromatic carbocycles. The summed E-state index contributed by atoms with van der Waals surface area (Å²) in [6.45, 7) is 10.9. The van der Waals surface area contributed by atoms with Crippen LogP contribution in [0.5, 0.6) is 0 Å². The predicted molar refractivity (Wildman–Crippen MR) is 137 cm³/mol. The van der Waals surface area contributed by atoms with Gasteiger partial charge >= 0.3 is 7.82 Å². The average molecular weight is 496 g/mol. The minimum atomic E-state index is -4.05. The van der Waals surface area contributed by atoms with Crippen LogP contribution >= 0.6 is 7.82 Å². The van der Waals surface area contributed by atoms with Gasteiger partial charge in [0, 0.05) is 20.3 Å². The number of methoxy groups -OCH3 is 1. The number of likely N-dealkylation sites (N-methyl/N-ethyl adjacent to an activating group) is 1. The van der Waals surface area contributed by atoms with Crippen LogP contribution in [0, 0.1) is 17.8 Å². The van der Waals surface area contributed by atoms with Crippen molar-refractivity contribution < 1.29 is 28.0 Å². The van der Waals surface area contributed by atoms with E-state index in [2.05, 4.69) is 33.0 Å². The molecule has 0 heterocycles. The molecule has 0 aliphatic heterocycles. The van der Waals surface area contributed by atoms with Crippen LogP contribution in [0.2, 0.25) is 0 Å². The molecule has 0 bridgehead atoms. The Kier molecular flexibility index (Phi) is 21.3. The summed E-state index contributed by atoms with van der Waals surface area (Å²) in [5.41, 5.74) is 0. The van der Waals surface area contributed by atoms with Gasteiger partial charge in [0.2, 0.25) is 0 Å². The lowest BCUT2D eigenvalue weighted by Crippen LogP contribution is -2.24. The fourth-order valence-corrected chi connectivity index (χ4v) is 4.48. The van der Waals surface area contributed by atoms with E-state index in [1.54, 1.807) is 7.05 Å². The number of hydrogen-bond acceptors (Lipinski definition) is 6. The van der Waals surface area contributed by atoms with Crippen molar-refractivity contribution in [2.75, 3.05) is 47.1 Å². The highest BCUT2D eigenvalue weighted by Crippen LogP contribution is 2.43. The molecule has 33 heavy (non-hydrogen) atoms. The molecule has 0 saturated heterocycles. The van der Waals surface area contributed by atoms with Crippen LogP contribution in [0.15, 0.2) is 0 Å². The van der Waals surface area contributed by atoms with Gasteiger partial charge in [-0.05, 0) is 31.2 Å². The first-order valence-corrected chi connectivity index (χ1v) is 14.6. The molecular formula is C25H54NO6P. The summed E-state index contributed by atoms with van der Waals surface area (Å²) in [7, 11) is -0.775. The molecule has 0 aliphatic rings. The van der Waals surface area contributed by atoms with Gasteiger partial charge in [-0.25, -0.2) is 4.57 Å². The van der Waals surface area contributed by atoms with Gasteiger partial charge in [-0.2, -0.15) is 0 Å². The molecule has 200 valence electrons. The van der Waals surface area contributed by atoms with E-state index >= 15 is 0 Å². The summed E-state index contributed by atoms with van der Waals surface area (Å²) in [4.78, 5) is 9.62. The zero-order valence-corrected chi connectivity index (χ0v) is 23.2. The number of nitrogens with one attached hydrogen (secondary N) is 1. The standard InChI is InChI=1S/C25H54NO6P/c1-22(2)12-10-14-24(4)16-11-15-23(3)13-8-7-9-18-30-20-25(29-6)21-32-33(27,28)31-19-17-26-5/h22-26H,7-21H2,1-6H3,(H,27,28). The Bertz CT molecular complexity index is 480. The third kappa shape index (κ3) is 22.2. The van der Waals surface area contributed by atoms with E-state index in [1.165, 1.54) is 58.5 Å². The van der Waals surface area contributed by atoms with E-state index in [4.69, 9.17) is 18.5 Å². The zero-order chi connectivity index (χ0) is 25.0. The predicted octanol–water partition coefficient (Wildman–Crippen LogP) is 6.20. The summed E-state index contributed by atoms with van der Waals surface area (Å²) in [6, 6.07) is 0. The summed E-state index contributed by atoms with van der Waals surface area (Å²) >= 11 is 0. The normalized spacial score (nSPS) is 16.6. The topological polar surface area (TPSA) is 86.3 Å². The summed E-state index contributed by atoms with van der Waals surface area (Å²) < 4.78 is 32.5. The molecule has 2 N–H and O–H groups in total. The minimum Gasteiger partial charge on any atom is -0.379 e. The van der Waals surface area contributed by atoms with E-state index in [0.29, 0.717) is 19.8 Å². The Balaban J connectivity index is 3.67. The third-order valence-electron chi connectivity index (χ3n) is 6.02. The maximum atomic E-state index is 11.8. The van der Waals surface area contributed by atoms with E-state index in [1.807, 2.05) is 0 Å². The van der Waals surface area contributed by atoms with Gasteiger partial charge in [0.25, 0.3) is 0 Å². The van der Waals surface area contributed by atoms with Crippen molar-refractivity contribution >= 4 is 7.82 Å². The van der Waals surface area contributed by atoms with E-state index in [0.717, 1.165) is 30.6 Å². The summed E-state index contributed by atoms with van der Waals surface area (Å²) in [5, 5.41) is 2.84. The van der Waals surface area contributed by atoms with Gasteiger partial charge in [-0.3, -0.25) is 9.05 Å². The highest BCUT2D eigenvalue weighted by Gasteiger charge is 2.23. The van der Waals surface area contributed by atoms with Crippen molar-refractivity contribution in [3.05, 3.63) is 0 Å². The molecule has 4 unspecified atom stereocenters. The fraction of sp³-hybridized carbons (Fsp3) is 1.00. The monoisotopic (exact) mass is 495 g/mol. The SMILES string of the molecule is CNCCOP(=O)(O)OCC(COCCCCCC(C)CCCC(C)CCCC(C)C)OC. The van der Waals surface area contributed by atoms with Crippen LogP contribution in [0.4, 0.5) is 0 Å². The van der Waals surface area contributed by atoms with Crippen molar-refractivity contribution in [3.63, 3.8) is 0 Å². The largest absolute Gasteiger partial charge is 0.472 e. The lowest BCUT2D eigenvalue weighted by Gasteiger charge is -2.18. The molecule has 0 aromatic heterocycles. The van der Waals surface area contributed by atoms with Gasteiger partial charge in [0.15, 0.2) is 0 Å². The number of rotatable bonds is 24. The Morgan fingerprint density at radius 1 is 0.788 bits per heavy atom. The molecule has 0 saturated carbocycles. The molecule has 0 aromatic rings. The number of hydrogen-bond donors (Lipinski definition) is 2. The molecule has 0 spiro atoms. The maximum absolute atomic E-state index is 11.8. The molecule has 0 rings (SSSR count). The van der Waals surface area contributed by atoms with Gasteiger partial charge in [-0.1, -0.05) is 85.5 Å². The van der Waals surface area contributed by atoms with Crippen molar-refractivity contribution in [1.82, 2.24) is 5.32 Å². The van der Waals surface area contributed by atoms with Gasteiger partial charge in [-0.15, -0.1) is 0 Å². The molecule has 8 heteroatoms. The quantitative estimate of drug-likeness (QED) is 0.122. The van der Waals surface area contributed by atoms with Crippen LogP contribution in [0.3, 0.4) is 0 Å². The molecule has 0 radical (unpaired) electrons. The van der Waals surface area contributed by atoms with Crippen LogP contribution < -0.4 is 5.32 Å². The van der Waals surface area contributed by atoms with Crippen molar-refractivity contribution in [1.29, 1.82) is 0 Å². The highest BCUT2D eigenvalue weighted by molar-refractivity contribution is 7.47. The summed E-state index contributed by atoms with van der Waals surface area (Å²) in [6.07, 6.45) is 12.5. The van der Waals surface area contributed by atoms with E-state index in [9.17, 15) is 9.46 Å². The third-order valence-corrected chi connectivity index (χ3v) is 7.01. The molecule has 7 nitrogen and oxygen atoms in total. The van der Waals surface area contributed by atoms with Gasteiger partial charge in [0.05, 0.1) is 19.8 Å². The second kappa shape index (κ2) is 21.3. The zero-order valence-electron chi connectivity index (χ0n) is 22.4. The number of unbranched alkanes of at least 4 members (excludes halogenated alkanes) is 2. The van der Waals surface area contributed by atoms with Crippen molar-refractivity contribution in [3.8, 4) is 0 Å². The van der Waals surface area contributed by atoms with Crippen LogP contribution in [0.25, 0.3) is 0 Å². The van der Waals surface area contributed by atoms with Crippen LogP contribution in [-0.2, 0) is 23.1 Å². The summed E-state index contributed by atoms with van der Waals surface area (Å²) in [5.74, 6) is 2.50. The van der Waals surface area contributed by atoms with Gasteiger partial charge in [0.1, 0.15) is 6.10 Å². The first-order valence-electron chi connectivity index (χ1n) is 13.1. The molecule has 0 amide bonds. The Labute approximate surface area is 204 Å². The Morgan fingerprint density at radius 2 is 1.39 bits per heavy atom. The smallest absolute Gasteiger partial charge is 0.379 e. The Morgan fingerprint density at radius 3 is 1.97 bits per heavy atom. The number of phosphoric ester groups is 1. The van der Waals surface area contributed by atoms with E-state index in [-0.39, 0.29) is 13.2 Å². The first kappa shape index (κ1) is 33.0. The van der Waals surface area contributed by atoms with Gasteiger partial charge < -0.3 is 19.7 Å². The molecule has 0 fully saturated rings. The minimum absolute atomic E-state index is 0.0440. The van der Waals surface area contributed by atoms with Crippen molar-refractivity contribution in [2.45, 2.75) is 98.0 Å². The maximum Gasteiger partial charge on any atom is 0.472 e. The lowest BCUT2D eigenvalue weighted by molar-refractivity contribution is -0.0220. The molecule has 0 aliphatic carbocycles. The van der Waals surface area contributed by atoms with Crippen LogP contribution in [0.1, 0.15) is 91.9 Å². The van der Waals surface area contributed by atoms with Crippen molar-refractivity contribution in [2.24, 2.45) is 17.8 Å². The first-order chi connectivity index (χ1) is 15.7. The second-order valence-electron chi connectivity index (χ2n) is 9.95. The number of ether oxygens (including phenoxy) is 2. The van der Waals surface area contributed by atoms with E-state index < -0.39 is 13.9 Å². The fourth-order valence-electron chi connectivity index (χ4n) is 3.73. The Hall–Kier alpha value is -0.0100. The lowest BCUT2D eigenvalue weighted by atomic mass is 9.92. The van der Waals surface area contributed by atoms with Crippen LogP contribution in [-0.4, -0.2) is 58.1 Å². The molecule has 4 atom stereocenters. The molecular weight excluding hydrogens is 441 g/mol. The number of phosphoric acid groups is 1. The second-order valence-corrected chi connectivity index (χ2v) is 11.4. The average Bonchev–Trinajstić information content (AvgIpc) is 2.75.